The molecule has 0 aliphatic rings. The molecule has 1 unspecified atom stereocenters. The summed E-state index contributed by atoms with van der Waals surface area (Å²) in [4.78, 5) is 30.7. The van der Waals surface area contributed by atoms with Crippen LogP contribution < -0.4 is 11.3 Å². The quantitative estimate of drug-likeness (QED) is 0.224. The maximum atomic E-state index is 14.6. The molecule has 5 rings (SSSR count). The molecule has 2 aromatic carbocycles. The van der Waals surface area contributed by atoms with Crippen molar-refractivity contribution in [2.24, 2.45) is 5.73 Å². The van der Waals surface area contributed by atoms with E-state index in [0.29, 0.717) is 27.3 Å². The van der Waals surface area contributed by atoms with E-state index in [2.05, 4.69) is 15.2 Å². The highest BCUT2D eigenvalue weighted by atomic mass is 35.5. The van der Waals surface area contributed by atoms with E-state index >= 15 is 0 Å². The minimum absolute atomic E-state index is 0.0848. The Bertz CT molecular complexity index is 1920. The smallest absolute Gasteiger partial charge is 0.433 e. The van der Waals surface area contributed by atoms with Gasteiger partial charge in [0.25, 0.3) is 5.56 Å². The second-order valence-corrected chi connectivity index (χ2v) is 10.9. The third-order valence-electron chi connectivity index (χ3n) is 7.14. The van der Waals surface area contributed by atoms with Crippen LogP contribution in [0.15, 0.2) is 65.5 Å². The normalized spacial score (nSPS) is 13.2. The van der Waals surface area contributed by atoms with Crippen molar-refractivity contribution in [1.29, 1.82) is 0 Å². The topological polar surface area (TPSA) is 117 Å². The summed E-state index contributed by atoms with van der Waals surface area (Å²) in [5.74, 6) is -0.581. The van der Waals surface area contributed by atoms with Crippen LogP contribution in [0.25, 0.3) is 27.9 Å². The fourth-order valence-electron chi connectivity index (χ4n) is 4.81. The predicted molar refractivity (Wildman–Crippen MR) is 159 cm³/mol. The van der Waals surface area contributed by atoms with E-state index in [9.17, 15) is 22.8 Å². The zero-order valence-corrected chi connectivity index (χ0v) is 24.9. The number of fused-ring (bicyclic) bond motifs is 1. The SMILES string of the molecule is Cc1ccc(-c2c(-c3ccc(Cl)cc3)c(=O)n(Cc3ccc(C(F)(F)F)nc3C)n3c([C@H](C)OC(=O)C(C)N)nnc23)cc1. The molecule has 44 heavy (non-hydrogen) atoms. The maximum Gasteiger partial charge on any atom is 0.433 e. The number of halogens is 4. The highest BCUT2D eigenvalue weighted by Gasteiger charge is 2.33. The summed E-state index contributed by atoms with van der Waals surface area (Å²) in [5, 5.41) is 9.23. The van der Waals surface area contributed by atoms with Crippen molar-refractivity contribution in [3.05, 3.63) is 104 Å². The monoisotopic (exact) mass is 624 g/mol. The molecule has 0 radical (unpaired) electrons. The van der Waals surface area contributed by atoms with Gasteiger partial charge in [0.2, 0.25) is 0 Å². The van der Waals surface area contributed by atoms with Crippen LogP contribution in [0.3, 0.4) is 0 Å². The van der Waals surface area contributed by atoms with E-state index in [1.807, 2.05) is 31.2 Å². The molecule has 9 nitrogen and oxygen atoms in total. The first-order valence-corrected chi connectivity index (χ1v) is 14.0. The summed E-state index contributed by atoms with van der Waals surface area (Å²) in [6.07, 6.45) is -5.63. The molecule has 0 saturated heterocycles. The molecule has 2 atom stereocenters. The minimum Gasteiger partial charge on any atom is -0.453 e. The summed E-state index contributed by atoms with van der Waals surface area (Å²) in [5.41, 5.74) is 7.79. The van der Waals surface area contributed by atoms with Gasteiger partial charge >= 0.3 is 12.1 Å². The standard InChI is InChI=1S/C31H28ClF3N6O3/c1-16-5-7-20(8-6-16)25-26(21-9-12-23(32)13-10-21)29(42)40(15-22-11-14-24(31(33,34)35)37-18(22)3)41-27(38-39-28(25)41)19(4)44-30(43)17(2)36/h5-14,17,19H,15,36H2,1-4H3/t17?,19-/m0/s1. The van der Waals surface area contributed by atoms with Gasteiger partial charge in [0.1, 0.15) is 11.7 Å². The summed E-state index contributed by atoms with van der Waals surface area (Å²) in [6.45, 7) is 6.21. The average Bonchev–Trinajstić information content (AvgIpc) is 3.40. The molecule has 0 bridgehead atoms. The van der Waals surface area contributed by atoms with Crippen molar-refractivity contribution in [3.63, 3.8) is 0 Å². The number of pyridine rings is 1. The largest absolute Gasteiger partial charge is 0.453 e. The number of carbonyl (C=O) groups is 1. The van der Waals surface area contributed by atoms with Crippen LogP contribution in [-0.2, 0) is 22.3 Å². The Labute approximate surface area is 255 Å². The zero-order valence-electron chi connectivity index (χ0n) is 24.2. The summed E-state index contributed by atoms with van der Waals surface area (Å²) in [7, 11) is 0. The Morgan fingerprint density at radius 3 is 2.16 bits per heavy atom. The summed E-state index contributed by atoms with van der Waals surface area (Å²) in [6, 6.07) is 15.4. The lowest BCUT2D eigenvalue weighted by molar-refractivity contribution is -0.150. The van der Waals surface area contributed by atoms with Gasteiger partial charge in [-0.15, -0.1) is 10.2 Å². The summed E-state index contributed by atoms with van der Waals surface area (Å²) >= 11 is 6.16. The highest BCUT2D eigenvalue weighted by Crippen LogP contribution is 2.35. The second-order valence-electron chi connectivity index (χ2n) is 10.5. The van der Waals surface area contributed by atoms with Gasteiger partial charge in [-0.2, -0.15) is 13.2 Å². The van der Waals surface area contributed by atoms with Gasteiger partial charge < -0.3 is 10.5 Å². The molecular weight excluding hydrogens is 597 g/mol. The number of nitrogens with two attached hydrogens (primary N) is 1. The first-order valence-electron chi connectivity index (χ1n) is 13.6. The molecular formula is C31H28ClF3N6O3. The van der Waals surface area contributed by atoms with Crippen LogP contribution in [0.2, 0.25) is 5.02 Å². The first-order chi connectivity index (χ1) is 20.8. The van der Waals surface area contributed by atoms with Crippen molar-refractivity contribution in [2.75, 3.05) is 0 Å². The molecule has 0 amide bonds. The van der Waals surface area contributed by atoms with Crippen LogP contribution in [0.5, 0.6) is 0 Å². The molecule has 2 N–H and O–H groups in total. The number of aryl methyl sites for hydroxylation is 2. The van der Waals surface area contributed by atoms with Gasteiger partial charge in [-0.05, 0) is 62.6 Å². The van der Waals surface area contributed by atoms with Crippen molar-refractivity contribution in [2.45, 2.75) is 52.6 Å². The Kier molecular flexibility index (Phi) is 8.32. The minimum atomic E-state index is -4.63. The molecule has 0 aliphatic heterocycles. The fourth-order valence-corrected chi connectivity index (χ4v) is 4.93. The molecule has 3 heterocycles. The molecule has 3 aromatic heterocycles. The number of hydrogen-bond donors (Lipinski definition) is 1. The number of ether oxygens (including phenoxy) is 1. The van der Waals surface area contributed by atoms with Crippen molar-refractivity contribution < 1.29 is 22.7 Å². The van der Waals surface area contributed by atoms with E-state index in [4.69, 9.17) is 22.1 Å². The Hall–Kier alpha value is -4.55. The van der Waals surface area contributed by atoms with Crippen LogP contribution in [0.4, 0.5) is 13.2 Å². The third-order valence-corrected chi connectivity index (χ3v) is 7.39. The van der Waals surface area contributed by atoms with Gasteiger partial charge in [-0.3, -0.25) is 9.59 Å². The number of esters is 1. The van der Waals surface area contributed by atoms with Gasteiger partial charge in [-0.25, -0.2) is 14.2 Å². The molecule has 5 aromatic rings. The Balaban J connectivity index is 1.84. The van der Waals surface area contributed by atoms with E-state index in [1.165, 1.54) is 29.1 Å². The Morgan fingerprint density at radius 1 is 0.955 bits per heavy atom. The number of benzene rings is 2. The lowest BCUT2D eigenvalue weighted by Gasteiger charge is -2.20. The fraction of sp³-hybridized carbons (Fsp3) is 0.258. The number of nitrogens with zero attached hydrogens (tertiary/aromatic N) is 5. The number of alkyl halides is 3. The van der Waals surface area contributed by atoms with Crippen LogP contribution in [0, 0.1) is 13.8 Å². The average molecular weight is 625 g/mol. The predicted octanol–water partition coefficient (Wildman–Crippen LogP) is 5.91. The van der Waals surface area contributed by atoms with Crippen LogP contribution in [-0.4, -0.2) is 36.4 Å². The zero-order chi connectivity index (χ0) is 31.9. The molecule has 0 fully saturated rings. The van der Waals surface area contributed by atoms with E-state index in [0.717, 1.165) is 11.6 Å². The van der Waals surface area contributed by atoms with Crippen LogP contribution in [0.1, 0.15) is 48.3 Å². The maximum absolute atomic E-state index is 14.6. The van der Waals surface area contributed by atoms with Gasteiger partial charge in [0.15, 0.2) is 17.6 Å². The number of rotatable bonds is 7. The molecule has 0 saturated carbocycles. The summed E-state index contributed by atoms with van der Waals surface area (Å²) < 4.78 is 48.3. The first kappa shape index (κ1) is 30.9. The van der Waals surface area contributed by atoms with E-state index < -0.39 is 35.5 Å². The lowest BCUT2D eigenvalue weighted by Crippen LogP contribution is -2.32. The van der Waals surface area contributed by atoms with E-state index in [-0.39, 0.29) is 29.3 Å². The Morgan fingerprint density at radius 2 is 1.57 bits per heavy atom. The third kappa shape index (κ3) is 5.95. The molecule has 0 aliphatic carbocycles. The van der Waals surface area contributed by atoms with Gasteiger partial charge in [0, 0.05) is 16.3 Å². The molecule has 13 heteroatoms. The van der Waals surface area contributed by atoms with Crippen LogP contribution >= 0.6 is 11.6 Å². The number of carbonyl (C=O) groups excluding carboxylic acids is 1. The van der Waals surface area contributed by atoms with Crippen molar-refractivity contribution in [1.82, 2.24) is 24.4 Å². The van der Waals surface area contributed by atoms with Gasteiger partial charge in [-0.1, -0.05) is 59.6 Å². The number of hydrogen-bond acceptors (Lipinski definition) is 7. The van der Waals surface area contributed by atoms with Crippen molar-refractivity contribution >= 4 is 23.2 Å². The second kappa shape index (κ2) is 11.9. The number of aromatic nitrogens is 5. The van der Waals surface area contributed by atoms with Crippen molar-refractivity contribution in [3.8, 4) is 22.3 Å². The molecule has 0 spiro atoms. The highest BCUT2D eigenvalue weighted by molar-refractivity contribution is 6.30. The van der Waals surface area contributed by atoms with E-state index in [1.54, 1.807) is 31.2 Å². The molecule has 228 valence electrons. The lowest BCUT2D eigenvalue weighted by atomic mass is 9.96. The van der Waals surface area contributed by atoms with Gasteiger partial charge in [0.05, 0.1) is 12.1 Å².